The van der Waals surface area contributed by atoms with E-state index in [1.54, 1.807) is 0 Å². The zero-order chi connectivity index (χ0) is 14.3. The second-order valence-electron chi connectivity index (χ2n) is 5.33. The minimum atomic E-state index is -2.57. The van der Waals surface area contributed by atoms with E-state index in [0.29, 0.717) is 0 Å². The molecule has 0 N–H and O–H groups in total. The molecule has 1 aliphatic heterocycles. The van der Waals surface area contributed by atoms with Crippen molar-refractivity contribution in [2.45, 2.75) is 4.90 Å². The zero-order valence-corrected chi connectivity index (χ0v) is 13.4. The van der Waals surface area contributed by atoms with Crippen molar-refractivity contribution in [1.82, 2.24) is 13.8 Å². The van der Waals surface area contributed by atoms with Gasteiger partial charge in [0.25, 0.3) is 0 Å². The van der Waals surface area contributed by atoms with E-state index in [2.05, 4.69) is 11.9 Å². The zero-order valence-electron chi connectivity index (χ0n) is 11.8. The summed E-state index contributed by atoms with van der Waals surface area (Å²) in [4.78, 5) is 3.03. The highest BCUT2D eigenvalue weighted by Gasteiger charge is 2.26. The van der Waals surface area contributed by atoms with Gasteiger partial charge in [-0.25, -0.2) is 8.51 Å². The number of hydrogen-bond donors (Lipinski definition) is 0. The lowest BCUT2D eigenvalue weighted by Gasteiger charge is -2.33. The van der Waals surface area contributed by atoms with Crippen LogP contribution in [0.15, 0.2) is 35.4 Å². The van der Waals surface area contributed by atoms with Crippen LogP contribution >= 0.6 is 0 Å². The van der Waals surface area contributed by atoms with Gasteiger partial charge in [-0.2, -0.15) is 0 Å². The van der Waals surface area contributed by atoms with E-state index in [9.17, 15) is 4.21 Å². The van der Waals surface area contributed by atoms with Crippen molar-refractivity contribution in [3.05, 3.63) is 30.5 Å². The van der Waals surface area contributed by atoms with Crippen LogP contribution in [0.4, 0.5) is 0 Å². The number of para-hydroxylation sites is 1. The number of piperazine rings is 1. The lowest BCUT2D eigenvalue weighted by molar-refractivity contribution is 0.228. The molecule has 0 aliphatic carbocycles. The van der Waals surface area contributed by atoms with Crippen LogP contribution in [-0.2, 0) is 26.9 Å². The Hall–Kier alpha value is -0.950. The van der Waals surface area contributed by atoms with Gasteiger partial charge < -0.3 is 9.47 Å². The minimum Gasteiger partial charge on any atom is -0.349 e. The molecule has 3 rings (SSSR count). The molecule has 2 aromatic rings. The number of nitrogens with zero attached hydrogens (tertiary/aromatic N) is 3. The van der Waals surface area contributed by atoms with Crippen molar-refractivity contribution >= 4 is 30.8 Å². The fourth-order valence-electron chi connectivity index (χ4n) is 2.68. The van der Waals surface area contributed by atoms with Crippen LogP contribution < -0.4 is 0 Å². The Morgan fingerprint density at radius 2 is 1.75 bits per heavy atom. The first kappa shape index (κ1) is 14.0. The molecular formula is C14H19N3OS2. The fraction of sp³-hybridized carbons (Fsp3) is 0.429. The highest BCUT2D eigenvalue weighted by atomic mass is 32.8. The van der Waals surface area contributed by atoms with Gasteiger partial charge in [-0.3, -0.25) is 0 Å². The molecule has 0 radical (unpaired) electrons. The highest BCUT2D eigenvalue weighted by Crippen LogP contribution is 2.28. The van der Waals surface area contributed by atoms with E-state index >= 15 is 0 Å². The fourth-order valence-corrected chi connectivity index (χ4v) is 5.19. The molecule has 108 valence electrons. The Labute approximate surface area is 124 Å². The quantitative estimate of drug-likeness (QED) is 0.840. The van der Waals surface area contributed by atoms with Crippen LogP contribution in [0.25, 0.3) is 10.9 Å². The van der Waals surface area contributed by atoms with E-state index < -0.39 is 8.68 Å². The number of likely N-dealkylation sites (N-methyl/N-ethyl adjacent to an activating group) is 1. The SMILES string of the molecule is CN1CCN(S(=O)(=S)c2cn(C)c3ccccc23)CC1. The predicted molar refractivity (Wildman–Crippen MR) is 85.8 cm³/mol. The summed E-state index contributed by atoms with van der Waals surface area (Å²) in [5.41, 5.74) is 1.08. The van der Waals surface area contributed by atoms with Crippen molar-refractivity contribution in [3.8, 4) is 0 Å². The molecule has 1 aromatic heterocycles. The number of aryl methyl sites for hydroxylation is 1. The summed E-state index contributed by atoms with van der Waals surface area (Å²) in [6, 6.07) is 8.01. The molecule has 1 saturated heterocycles. The molecule has 0 spiro atoms. The second-order valence-corrected chi connectivity index (χ2v) is 8.59. The molecule has 20 heavy (non-hydrogen) atoms. The molecule has 1 unspecified atom stereocenters. The number of hydrogen-bond acceptors (Lipinski definition) is 3. The smallest absolute Gasteiger partial charge is 0.123 e. The van der Waals surface area contributed by atoms with E-state index in [4.69, 9.17) is 11.2 Å². The lowest BCUT2D eigenvalue weighted by Crippen LogP contribution is -2.46. The summed E-state index contributed by atoms with van der Waals surface area (Å²) in [6.45, 7) is 3.36. The molecule has 2 heterocycles. The third-order valence-corrected chi connectivity index (χ3v) is 7.04. The predicted octanol–water partition coefficient (Wildman–Crippen LogP) is 1.45. The maximum atomic E-state index is 13.2. The summed E-state index contributed by atoms with van der Waals surface area (Å²) in [6.07, 6.45) is 1.93. The van der Waals surface area contributed by atoms with Crippen molar-refractivity contribution in [2.75, 3.05) is 33.2 Å². The molecule has 0 amide bonds. The van der Waals surface area contributed by atoms with Crippen LogP contribution in [0, 0.1) is 0 Å². The standard InChI is InChI=1S/C14H19N3OS2/c1-15-7-9-17(10-8-15)20(18,19)14-11-16(2)13-6-4-3-5-12(13)14/h3-6,11H,7-10H2,1-2H3. The van der Waals surface area contributed by atoms with E-state index in [1.165, 1.54) is 0 Å². The Morgan fingerprint density at radius 1 is 1.10 bits per heavy atom. The first-order chi connectivity index (χ1) is 9.50. The maximum Gasteiger partial charge on any atom is 0.123 e. The molecule has 1 fully saturated rings. The number of aromatic nitrogens is 1. The van der Waals surface area contributed by atoms with Gasteiger partial charge in [-0.05, 0) is 13.1 Å². The van der Waals surface area contributed by atoms with Crippen LogP contribution in [0.5, 0.6) is 0 Å². The molecule has 1 atom stereocenters. The summed E-state index contributed by atoms with van der Waals surface area (Å²) < 4.78 is 17.2. The Bertz CT molecular complexity index is 728. The van der Waals surface area contributed by atoms with E-state index in [-0.39, 0.29) is 0 Å². The average molecular weight is 309 g/mol. The number of fused-ring (bicyclic) bond motifs is 1. The lowest BCUT2D eigenvalue weighted by atomic mass is 10.2. The van der Waals surface area contributed by atoms with Gasteiger partial charge in [-0.1, -0.05) is 18.2 Å². The van der Waals surface area contributed by atoms with Gasteiger partial charge in [0.2, 0.25) is 0 Å². The normalized spacial score (nSPS) is 21.1. The summed E-state index contributed by atoms with van der Waals surface area (Å²) >= 11 is 5.53. The van der Waals surface area contributed by atoms with Crippen LogP contribution in [0.3, 0.4) is 0 Å². The molecule has 6 heteroatoms. The summed E-state index contributed by atoms with van der Waals surface area (Å²) in [5, 5.41) is 1.01. The highest BCUT2D eigenvalue weighted by molar-refractivity contribution is 8.31. The van der Waals surface area contributed by atoms with Gasteiger partial charge in [0.05, 0.1) is 4.90 Å². The minimum absolute atomic E-state index is 0.766. The van der Waals surface area contributed by atoms with Crippen LogP contribution in [0.2, 0.25) is 0 Å². The number of benzene rings is 1. The molecule has 4 nitrogen and oxygen atoms in total. The second kappa shape index (κ2) is 5.11. The van der Waals surface area contributed by atoms with Gasteiger partial charge in [0, 0.05) is 61.5 Å². The Balaban J connectivity index is 2.06. The third kappa shape index (κ3) is 2.26. The van der Waals surface area contributed by atoms with E-state index in [1.807, 2.05) is 46.4 Å². The molecule has 1 aromatic carbocycles. The van der Waals surface area contributed by atoms with Crippen molar-refractivity contribution in [3.63, 3.8) is 0 Å². The van der Waals surface area contributed by atoms with Gasteiger partial charge in [-0.15, -0.1) is 0 Å². The Kier molecular flexibility index (Phi) is 3.58. The summed E-state index contributed by atoms with van der Waals surface area (Å²) in [5.74, 6) is 0. The van der Waals surface area contributed by atoms with Gasteiger partial charge in [0.1, 0.15) is 8.68 Å². The Morgan fingerprint density at radius 3 is 2.45 bits per heavy atom. The van der Waals surface area contributed by atoms with Gasteiger partial charge in [0.15, 0.2) is 0 Å². The van der Waals surface area contributed by atoms with Crippen molar-refractivity contribution in [2.24, 2.45) is 7.05 Å². The summed E-state index contributed by atoms with van der Waals surface area (Å²) in [7, 11) is 1.48. The molecular weight excluding hydrogens is 290 g/mol. The van der Waals surface area contributed by atoms with E-state index in [0.717, 1.165) is 42.0 Å². The monoisotopic (exact) mass is 309 g/mol. The third-order valence-electron chi connectivity index (χ3n) is 3.94. The average Bonchev–Trinajstić information content (AvgIpc) is 2.78. The first-order valence-corrected chi connectivity index (χ1v) is 9.17. The number of rotatable bonds is 2. The first-order valence-electron chi connectivity index (χ1n) is 6.73. The largest absolute Gasteiger partial charge is 0.349 e. The molecule has 1 aliphatic rings. The van der Waals surface area contributed by atoms with Crippen molar-refractivity contribution < 1.29 is 4.21 Å². The van der Waals surface area contributed by atoms with Crippen LogP contribution in [-0.4, -0.2) is 51.2 Å². The molecule has 0 bridgehead atoms. The topological polar surface area (TPSA) is 28.5 Å². The van der Waals surface area contributed by atoms with Crippen molar-refractivity contribution in [1.29, 1.82) is 0 Å². The van der Waals surface area contributed by atoms with Gasteiger partial charge >= 0.3 is 0 Å². The van der Waals surface area contributed by atoms with Crippen LogP contribution in [0.1, 0.15) is 0 Å². The maximum absolute atomic E-state index is 13.2. The molecule has 0 saturated carbocycles.